The summed E-state index contributed by atoms with van der Waals surface area (Å²) < 4.78 is 16.2. The SMILES string of the molecule is C#CC(CNC(=O)[C@@H]1CCCN(C(=O)COC2CCN(C(=O)OCc3ccccc3)CC2)C1)C(=O)OCC. The van der Waals surface area contributed by atoms with Crippen LogP contribution in [0.15, 0.2) is 30.3 Å². The molecule has 1 unspecified atom stereocenters. The number of carbonyl (C=O) groups excluding carboxylic acids is 4. The highest BCUT2D eigenvalue weighted by molar-refractivity contribution is 5.83. The third kappa shape index (κ3) is 8.77. The van der Waals surface area contributed by atoms with Crippen LogP contribution < -0.4 is 5.32 Å². The largest absolute Gasteiger partial charge is 0.465 e. The molecule has 1 aromatic rings. The van der Waals surface area contributed by atoms with Gasteiger partial charge in [0.2, 0.25) is 11.8 Å². The first kappa shape index (κ1) is 29.0. The molecule has 2 saturated heterocycles. The third-order valence-electron chi connectivity index (χ3n) is 6.75. The highest BCUT2D eigenvalue weighted by Crippen LogP contribution is 2.19. The molecular weight excluding hydrogens is 490 g/mol. The number of nitrogens with zero attached hydrogens (tertiary/aromatic N) is 2. The number of amides is 3. The molecule has 0 aromatic heterocycles. The first-order chi connectivity index (χ1) is 18.4. The van der Waals surface area contributed by atoms with Crippen molar-refractivity contribution in [1.82, 2.24) is 15.1 Å². The van der Waals surface area contributed by atoms with Crippen molar-refractivity contribution in [3.8, 4) is 12.3 Å². The monoisotopic (exact) mass is 527 g/mol. The zero-order valence-electron chi connectivity index (χ0n) is 21.9. The van der Waals surface area contributed by atoms with Crippen LogP contribution >= 0.6 is 0 Å². The topological polar surface area (TPSA) is 114 Å². The molecule has 2 fully saturated rings. The molecule has 1 N–H and O–H groups in total. The second-order valence-electron chi connectivity index (χ2n) is 9.43. The molecule has 2 aliphatic rings. The Kier molecular flexibility index (Phi) is 11.4. The lowest BCUT2D eigenvalue weighted by Gasteiger charge is -2.34. The fraction of sp³-hybridized carbons (Fsp3) is 0.571. The van der Waals surface area contributed by atoms with E-state index in [0.29, 0.717) is 51.9 Å². The van der Waals surface area contributed by atoms with Crippen LogP contribution in [0.1, 0.15) is 38.2 Å². The molecule has 3 amide bonds. The third-order valence-corrected chi connectivity index (χ3v) is 6.75. The molecule has 38 heavy (non-hydrogen) atoms. The van der Waals surface area contributed by atoms with Crippen LogP contribution in [0.3, 0.4) is 0 Å². The predicted octanol–water partition coefficient (Wildman–Crippen LogP) is 1.97. The van der Waals surface area contributed by atoms with Gasteiger partial charge >= 0.3 is 12.1 Å². The molecule has 206 valence electrons. The van der Waals surface area contributed by atoms with Crippen molar-refractivity contribution in [3.05, 3.63) is 35.9 Å². The van der Waals surface area contributed by atoms with Gasteiger partial charge in [0.05, 0.1) is 18.6 Å². The zero-order chi connectivity index (χ0) is 27.3. The van der Waals surface area contributed by atoms with Gasteiger partial charge in [-0.15, -0.1) is 6.42 Å². The number of carbonyl (C=O) groups is 4. The van der Waals surface area contributed by atoms with Crippen LogP contribution in [-0.4, -0.2) is 85.7 Å². The van der Waals surface area contributed by atoms with E-state index in [-0.39, 0.29) is 56.3 Å². The van der Waals surface area contributed by atoms with Gasteiger partial charge in [-0.2, -0.15) is 0 Å². The van der Waals surface area contributed by atoms with E-state index in [4.69, 9.17) is 20.6 Å². The van der Waals surface area contributed by atoms with E-state index >= 15 is 0 Å². The molecule has 0 radical (unpaired) electrons. The number of esters is 1. The molecule has 0 saturated carbocycles. The summed E-state index contributed by atoms with van der Waals surface area (Å²) in [5.41, 5.74) is 0.934. The van der Waals surface area contributed by atoms with Gasteiger partial charge in [-0.05, 0) is 38.2 Å². The molecular formula is C28H37N3O7. The standard InChI is InChI=1S/C28H37N3O7/c1-3-22(27(34)36-4-2)17-29-26(33)23-11-8-14-31(18-23)25(32)20-37-24-12-15-30(16-13-24)28(35)38-19-21-9-6-5-7-10-21/h1,5-7,9-10,22-24H,4,8,11-20H2,2H3,(H,29,33)/t22?,23-/m1/s1. The summed E-state index contributed by atoms with van der Waals surface area (Å²) in [6.45, 7) is 3.93. The lowest BCUT2D eigenvalue weighted by atomic mass is 9.96. The maximum atomic E-state index is 12.8. The van der Waals surface area contributed by atoms with Gasteiger partial charge in [-0.1, -0.05) is 36.3 Å². The molecule has 10 nitrogen and oxygen atoms in total. The highest BCUT2D eigenvalue weighted by atomic mass is 16.6. The number of terminal acetylenes is 1. The van der Waals surface area contributed by atoms with Crippen molar-refractivity contribution in [2.45, 2.75) is 45.3 Å². The summed E-state index contributed by atoms with van der Waals surface area (Å²) in [4.78, 5) is 52.9. The van der Waals surface area contributed by atoms with E-state index in [1.807, 2.05) is 30.3 Å². The van der Waals surface area contributed by atoms with Gasteiger partial charge in [-0.25, -0.2) is 4.79 Å². The van der Waals surface area contributed by atoms with Crippen molar-refractivity contribution >= 4 is 23.9 Å². The Balaban J connectivity index is 1.35. The minimum atomic E-state index is -0.842. The Morgan fingerprint density at radius 3 is 2.47 bits per heavy atom. The molecule has 10 heteroatoms. The number of piperidine rings is 2. The lowest BCUT2D eigenvalue weighted by Crippen LogP contribution is -2.48. The molecule has 3 rings (SSSR count). The smallest absolute Gasteiger partial charge is 0.410 e. The van der Waals surface area contributed by atoms with Crippen molar-refractivity contribution in [2.24, 2.45) is 11.8 Å². The molecule has 2 heterocycles. The number of hydrogen-bond acceptors (Lipinski definition) is 7. The molecule has 0 aliphatic carbocycles. The summed E-state index contributed by atoms with van der Waals surface area (Å²) in [7, 11) is 0. The fourth-order valence-corrected chi connectivity index (χ4v) is 4.51. The van der Waals surface area contributed by atoms with Gasteiger partial charge < -0.3 is 29.3 Å². The van der Waals surface area contributed by atoms with Crippen molar-refractivity contribution < 1.29 is 33.4 Å². The highest BCUT2D eigenvalue weighted by Gasteiger charge is 2.30. The first-order valence-corrected chi connectivity index (χ1v) is 13.2. The maximum absolute atomic E-state index is 12.8. The fourth-order valence-electron chi connectivity index (χ4n) is 4.51. The number of ether oxygens (including phenoxy) is 3. The van der Waals surface area contributed by atoms with Crippen LogP contribution in [0.5, 0.6) is 0 Å². The Hall–Kier alpha value is -3.58. The molecule has 0 bridgehead atoms. The predicted molar refractivity (Wildman–Crippen MR) is 138 cm³/mol. The summed E-state index contributed by atoms with van der Waals surface area (Å²) in [6.07, 6.45) is 7.51. The second kappa shape index (κ2) is 15.0. The zero-order valence-corrected chi connectivity index (χ0v) is 21.9. The average Bonchev–Trinajstić information content (AvgIpc) is 2.96. The average molecular weight is 528 g/mol. The first-order valence-electron chi connectivity index (χ1n) is 13.2. The number of benzene rings is 1. The van der Waals surface area contributed by atoms with Gasteiger partial charge in [0.25, 0.3) is 0 Å². The van der Waals surface area contributed by atoms with Gasteiger partial charge in [-0.3, -0.25) is 14.4 Å². The summed E-state index contributed by atoms with van der Waals surface area (Å²) in [5.74, 6) is 0.182. The van der Waals surface area contributed by atoms with E-state index in [2.05, 4.69) is 11.2 Å². The summed E-state index contributed by atoms with van der Waals surface area (Å²) >= 11 is 0. The van der Waals surface area contributed by atoms with Crippen LogP contribution in [-0.2, 0) is 35.2 Å². The lowest BCUT2D eigenvalue weighted by molar-refractivity contribution is -0.145. The second-order valence-corrected chi connectivity index (χ2v) is 9.43. The van der Waals surface area contributed by atoms with Crippen LogP contribution in [0.2, 0.25) is 0 Å². The molecule has 2 aliphatic heterocycles. The van der Waals surface area contributed by atoms with Crippen molar-refractivity contribution in [2.75, 3.05) is 45.9 Å². The molecule has 2 atom stereocenters. The Bertz CT molecular complexity index is 986. The maximum Gasteiger partial charge on any atom is 0.410 e. The Morgan fingerprint density at radius 1 is 1.05 bits per heavy atom. The summed E-state index contributed by atoms with van der Waals surface area (Å²) in [6, 6.07) is 9.52. The van der Waals surface area contributed by atoms with Gasteiger partial charge in [0.1, 0.15) is 19.1 Å². The van der Waals surface area contributed by atoms with Crippen LogP contribution in [0.25, 0.3) is 0 Å². The number of nitrogens with one attached hydrogen (secondary N) is 1. The van der Waals surface area contributed by atoms with Crippen molar-refractivity contribution in [3.63, 3.8) is 0 Å². The van der Waals surface area contributed by atoms with E-state index < -0.39 is 11.9 Å². The number of rotatable bonds is 10. The van der Waals surface area contributed by atoms with E-state index in [1.165, 1.54) is 0 Å². The minimum Gasteiger partial charge on any atom is -0.465 e. The quantitative estimate of drug-likeness (QED) is 0.366. The van der Waals surface area contributed by atoms with E-state index in [9.17, 15) is 19.2 Å². The van der Waals surface area contributed by atoms with Gasteiger partial charge in [0.15, 0.2) is 0 Å². The van der Waals surface area contributed by atoms with E-state index in [0.717, 1.165) is 5.56 Å². The normalized spacial score (nSPS) is 18.7. The summed E-state index contributed by atoms with van der Waals surface area (Å²) in [5, 5.41) is 2.72. The number of likely N-dealkylation sites (tertiary alicyclic amines) is 2. The minimum absolute atomic E-state index is 0.000218. The Labute approximate surface area is 224 Å². The number of hydrogen-bond donors (Lipinski definition) is 1. The van der Waals surface area contributed by atoms with Crippen molar-refractivity contribution in [1.29, 1.82) is 0 Å². The molecule has 0 spiro atoms. The van der Waals surface area contributed by atoms with Gasteiger partial charge in [0, 0.05) is 32.7 Å². The Morgan fingerprint density at radius 2 is 1.79 bits per heavy atom. The molecule has 1 aromatic carbocycles. The van der Waals surface area contributed by atoms with E-state index in [1.54, 1.807) is 16.7 Å². The van der Waals surface area contributed by atoms with Crippen LogP contribution in [0, 0.1) is 24.2 Å². The van der Waals surface area contributed by atoms with Crippen LogP contribution in [0.4, 0.5) is 4.79 Å².